The predicted molar refractivity (Wildman–Crippen MR) is 78.3 cm³/mol. The number of nitrogens with zero attached hydrogens (tertiary/aromatic N) is 2. The summed E-state index contributed by atoms with van der Waals surface area (Å²) in [6, 6.07) is 0. The Hall–Kier alpha value is -1.49. The molecule has 2 heterocycles. The largest absolute Gasteiger partial charge is 0.376 e. The molecule has 5 heteroatoms. The second-order valence-corrected chi connectivity index (χ2v) is 6.51. The summed E-state index contributed by atoms with van der Waals surface area (Å²) >= 11 is 0. The van der Waals surface area contributed by atoms with Crippen molar-refractivity contribution in [2.24, 2.45) is 17.8 Å². The van der Waals surface area contributed by atoms with E-state index in [1.54, 1.807) is 0 Å². The molecule has 1 aliphatic carbocycles. The molecule has 5 nitrogen and oxygen atoms in total. The molecule has 1 aromatic rings. The second kappa shape index (κ2) is 6.10. The van der Waals surface area contributed by atoms with Gasteiger partial charge in [-0.15, -0.1) is 0 Å². The first-order valence-electron chi connectivity index (χ1n) is 7.82. The van der Waals surface area contributed by atoms with Gasteiger partial charge in [0.25, 0.3) is 0 Å². The van der Waals surface area contributed by atoms with Crippen molar-refractivity contribution in [2.45, 2.75) is 46.3 Å². The Morgan fingerprint density at radius 3 is 3.19 bits per heavy atom. The molecule has 0 saturated heterocycles. The molecule has 1 saturated carbocycles. The van der Waals surface area contributed by atoms with Crippen molar-refractivity contribution in [3.8, 4) is 0 Å². The van der Waals surface area contributed by atoms with Gasteiger partial charge in [-0.1, -0.05) is 13.8 Å². The van der Waals surface area contributed by atoms with Crippen molar-refractivity contribution in [2.75, 3.05) is 6.61 Å². The fraction of sp³-hybridized carbons (Fsp3) is 0.688. The van der Waals surface area contributed by atoms with Gasteiger partial charge in [0.05, 0.1) is 25.5 Å². The van der Waals surface area contributed by atoms with Crippen molar-refractivity contribution >= 4 is 5.91 Å². The van der Waals surface area contributed by atoms with Crippen molar-refractivity contribution in [3.05, 3.63) is 23.3 Å². The van der Waals surface area contributed by atoms with Gasteiger partial charge in [0.15, 0.2) is 0 Å². The number of rotatable bonds is 5. The summed E-state index contributed by atoms with van der Waals surface area (Å²) in [6.07, 6.45) is 4.83. The minimum atomic E-state index is 0.158. The number of carbonyl (C=O) groups is 1. The Bertz CT molecular complexity index is 530. The molecule has 2 aliphatic rings. The first-order valence-corrected chi connectivity index (χ1v) is 7.82. The third-order valence-corrected chi connectivity index (χ3v) is 4.20. The maximum Gasteiger partial charge on any atom is 0.223 e. The van der Waals surface area contributed by atoms with Gasteiger partial charge in [0.1, 0.15) is 5.82 Å². The molecule has 0 spiro atoms. The number of hydrogen-bond acceptors (Lipinski definition) is 4. The van der Waals surface area contributed by atoms with Crippen LogP contribution in [-0.4, -0.2) is 22.5 Å². The molecule has 114 valence electrons. The molecule has 3 rings (SSSR count). The van der Waals surface area contributed by atoms with Crippen molar-refractivity contribution in [3.63, 3.8) is 0 Å². The summed E-state index contributed by atoms with van der Waals surface area (Å²) in [6.45, 7) is 6.16. The van der Waals surface area contributed by atoms with Crippen LogP contribution >= 0.6 is 0 Å². The summed E-state index contributed by atoms with van der Waals surface area (Å²) in [5, 5.41) is 2.98. The zero-order chi connectivity index (χ0) is 14.8. The average Bonchev–Trinajstić information content (AvgIpc) is 3.23. The molecule has 1 N–H and O–H groups in total. The number of fused-ring (bicyclic) bond motifs is 1. The van der Waals surface area contributed by atoms with E-state index in [9.17, 15) is 4.79 Å². The lowest BCUT2D eigenvalue weighted by atomic mass is 10.1. The fourth-order valence-electron chi connectivity index (χ4n) is 2.99. The zero-order valence-electron chi connectivity index (χ0n) is 12.8. The van der Waals surface area contributed by atoms with Gasteiger partial charge in [0.2, 0.25) is 5.91 Å². The summed E-state index contributed by atoms with van der Waals surface area (Å²) in [4.78, 5) is 20.9. The molecular weight excluding hydrogens is 266 g/mol. The number of ether oxygens (including phenoxy) is 1. The van der Waals surface area contributed by atoms with Gasteiger partial charge >= 0.3 is 0 Å². The van der Waals surface area contributed by atoms with Gasteiger partial charge in [0, 0.05) is 24.1 Å². The molecule has 0 bridgehead atoms. The molecule has 2 atom stereocenters. The van der Waals surface area contributed by atoms with Crippen LogP contribution in [-0.2, 0) is 29.1 Å². The Morgan fingerprint density at radius 2 is 2.38 bits per heavy atom. The topological polar surface area (TPSA) is 64.1 Å². The monoisotopic (exact) mass is 289 g/mol. The van der Waals surface area contributed by atoms with E-state index in [-0.39, 0.29) is 11.8 Å². The lowest BCUT2D eigenvalue weighted by Crippen LogP contribution is -2.26. The molecule has 1 fully saturated rings. The standard InChI is InChI=1S/C16H23N3O2/c1-10(2)5-11-6-13(11)16(20)18-8-15-17-7-12-9-21-4-3-14(12)19-15/h7,10-11,13H,3-6,8-9H2,1-2H3,(H,18,20)/t11-,13-/m1/s1. The first-order chi connectivity index (χ1) is 10.1. The maximum atomic E-state index is 12.1. The van der Waals surface area contributed by atoms with Crippen LogP contribution in [0.1, 0.15) is 43.8 Å². The van der Waals surface area contributed by atoms with Crippen molar-refractivity contribution in [1.82, 2.24) is 15.3 Å². The fourth-order valence-corrected chi connectivity index (χ4v) is 2.99. The van der Waals surface area contributed by atoms with Crippen LogP contribution in [0.4, 0.5) is 0 Å². The van der Waals surface area contributed by atoms with E-state index in [1.807, 2.05) is 6.20 Å². The molecule has 1 aromatic heterocycles. The average molecular weight is 289 g/mol. The number of hydrogen-bond donors (Lipinski definition) is 1. The van der Waals surface area contributed by atoms with Crippen LogP contribution in [0, 0.1) is 17.8 Å². The van der Waals surface area contributed by atoms with Crippen LogP contribution in [0.25, 0.3) is 0 Å². The van der Waals surface area contributed by atoms with E-state index < -0.39 is 0 Å². The number of amides is 1. The normalized spacial score (nSPS) is 23.8. The minimum Gasteiger partial charge on any atom is -0.376 e. The quantitative estimate of drug-likeness (QED) is 0.898. The summed E-state index contributed by atoms with van der Waals surface area (Å²) < 4.78 is 5.37. The van der Waals surface area contributed by atoms with Crippen LogP contribution in [0.5, 0.6) is 0 Å². The van der Waals surface area contributed by atoms with Gasteiger partial charge in [-0.2, -0.15) is 0 Å². The Kier molecular flexibility index (Phi) is 4.19. The highest BCUT2D eigenvalue weighted by molar-refractivity contribution is 5.81. The first kappa shape index (κ1) is 14.4. The molecule has 0 radical (unpaired) electrons. The highest BCUT2D eigenvalue weighted by Crippen LogP contribution is 2.43. The maximum absolute atomic E-state index is 12.1. The van der Waals surface area contributed by atoms with Gasteiger partial charge in [-0.3, -0.25) is 4.79 Å². The van der Waals surface area contributed by atoms with Crippen molar-refractivity contribution < 1.29 is 9.53 Å². The molecule has 1 aliphatic heterocycles. The summed E-state index contributed by atoms with van der Waals surface area (Å²) in [7, 11) is 0. The smallest absolute Gasteiger partial charge is 0.223 e. The lowest BCUT2D eigenvalue weighted by molar-refractivity contribution is -0.122. The summed E-state index contributed by atoms with van der Waals surface area (Å²) in [5.74, 6) is 2.30. The third-order valence-electron chi connectivity index (χ3n) is 4.20. The van der Waals surface area contributed by atoms with E-state index in [4.69, 9.17) is 4.74 Å². The van der Waals surface area contributed by atoms with Crippen LogP contribution in [0.15, 0.2) is 6.20 Å². The van der Waals surface area contributed by atoms with Gasteiger partial charge in [-0.05, 0) is 24.7 Å². The van der Waals surface area contributed by atoms with Gasteiger partial charge in [-0.25, -0.2) is 9.97 Å². The molecule has 1 amide bonds. The van der Waals surface area contributed by atoms with Crippen molar-refractivity contribution in [1.29, 1.82) is 0 Å². The van der Waals surface area contributed by atoms with E-state index in [1.165, 1.54) is 0 Å². The Morgan fingerprint density at radius 1 is 1.52 bits per heavy atom. The second-order valence-electron chi connectivity index (χ2n) is 6.51. The lowest BCUT2D eigenvalue weighted by Gasteiger charge is -2.15. The van der Waals surface area contributed by atoms with E-state index in [0.717, 1.165) is 37.1 Å². The minimum absolute atomic E-state index is 0.158. The third kappa shape index (κ3) is 3.59. The van der Waals surface area contributed by atoms with Crippen LogP contribution < -0.4 is 5.32 Å². The molecule has 0 unspecified atom stereocenters. The number of carbonyl (C=O) groups excluding carboxylic acids is 1. The number of nitrogens with one attached hydrogen (secondary N) is 1. The molecule has 0 aromatic carbocycles. The van der Waals surface area contributed by atoms with Gasteiger partial charge < -0.3 is 10.1 Å². The highest BCUT2D eigenvalue weighted by Gasteiger charge is 2.42. The van der Waals surface area contributed by atoms with E-state index in [2.05, 4.69) is 29.1 Å². The van der Waals surface area contributed by atoms with E-state index >= 15 is 0 Å². The highest BCUT2D eigenvalue weighted by atomic mass is 16.5. The van der Waals surface area contributed by atoms with Crippen LogP contribution in [0.2, 0.25) is 0 Å². The Labute approximate surface area is 125 Å². The zero-order valence-corrected chi connectivity index (χ0v) is 12.8. The number of aromatic nitrogens is 2. The predicted octanol–water partition coefficient (Wildman–Crippen LogP) is 1.85. The summed E-state index contributed by atoms with van der Waals surface area (Å²) in [5.41, 5.74) is 2.13. The molecule has 21 heavy (non-hydrogen) atoms. The Balaban J connectivity index is 1.50. The van der Waals surface area contributed by atoms with E-state index in [0.29, 0.717) is 30.8 Å². The van der Waals surface area contributed by atoms with Crippen LogP contribution in [0.3, 0.4) is 0 Å². The SMILES string of the molecule is CC(C)C[C@@H]1C[C@H]1C(=O)NCc1ncc2c(n1)CCOC2. The molecular formula is C16H23N3O2.